The average molecular weight is 304 g/mol. The molecule has 1 atom stereocenters. The van der Waals surface area contributed by atoms with Gasteiger partial charge in [0.2, 0.25) is 11.8 Å². The first-order chi connectivity index (χ1) is 10.6. The van der Waals surface area contributed by atoms with Gasteiger partial charge in [0.05, 0.1) is 13.7 Å². The van der Waals surface area contributed by atoms with Crippen molar-refractivity contribution < 1.29 is 13.9 Å². The van der Waals surface area contributed by atoms with E-state index in [2.05, 4.69) is 20.8 Å². The van der Waals surface area contributed by atoms with Gasteiger partial charge in [0, 0.05) is 11.6 Å². The molecule has 1 heterocycles. The number of carbonyl (C=O) groups excluding carboxylic acids is 1. The van der Waals surface area contributed by atoms with Crippen molar-refractivity contribution in [2.24, 2.45) is 0 Å². The molecule has 118 valence electrons. The summed E-state index contributed by atoms with van der Waals surface area (Å²) in [7, 11) is 1.60. The molecule has 2 aromatic rings. The van der Waals surface area contributed by atoms with Crippen molar-refractivity contribution in [3.8, 4) is 17.2 Å². The van der Waals surface area contributed by atoms with Gasteiger partial charge in [-0.2, -0.15) is 0 Å². The Morgan fingerprint density at radius 3 is 2.95 bits per heavy atom. The summed E-state index contributed by atoms with van der Waals surface area (Å²) in [5.41, 5.74) is 0.766. The highest BCUT2D eigenvalue weighted by molar-refractivity contribution is 5.74. The second kappa shape index (κ2) is 7.44. The number of rotatable bonds is 6. The standard InChI is InChI=1S/C15H20N4O3/c1-4-10(2)17-15(20)16-9-13-18-19-14(22-13)11-6-5-7-12(8-11)21-3/h5-8,10H,4,9H2,1-3H3,(H2,16,17,20). The summed E-state index contributed by atoms with van der Waals surface area (Å²) in [5, 5.41) is 13.4. The van der Waals surface area contributed by atoms with Crippen LogP contribution in [0, 0.1) is 0 Å². The maximum Gasteiger partial charge on any atom is 0.315 e. The van der Waals surface area contributed by atoms with Crippen LogP contribution in [0.15, 0.2) is 28.7 Å². The summed E-state index contributed by atoms with van der Waals surface area (Å²) in [5.74, 6) is 1.44. The average Bonchev–Trinajstić information content (AvgIpc) is 3.02. The molecule has 2 amide bonds. The molecule has 0 aliphatic carbocycles. The van der Waals surface area contributed by atoms with Gasteiger partial charge in [-0.1, -0.05) is 13.0 Å². The lowest BCUT2D eigenvalue weighted by Crippen LogP contribution is -2.40. The normalized spacial score (nSPS) is 11.8. The molecule has 0 spiro atoms. The van der Waals surface area contributed by atoms with E-state index in [4.69, 9.17) is 9.15 Å². The summed E-state index contributed by atoms with van der Waals surface area (Å²) < 4.78 is 10.7. The summed E-state index contributed by atoms with van der Waals surface area (Å²) in [6.45, 7) is 4.12. The Morgan fingerprint density at radius 1 is 1.41 bits per heavy atom. The van der Waals surface area contributed by atoms with E-state index in [1.54, 1.807) is 13.2 Å². The molecular weight excluding hydrogens is 284 g/mol. The van der Waals surface area contributed by atoms with Gasteiger partial charge in [-0.05, 0) is 31.5 Å². The van der Waals surface area contributed by atoms with Gasteiger partial charge in [-0.3, -0.25) is 0 Å². The number of benzene rings is 1. The Labute approximate surface area is 129 Å². The first-order valence-electron chi connectivity index (χ1n) is 7.13. The molecule has 0 saturated carbocycles. The molecule has 0 fully saturated rings. The monoisotopic (exact) mass is 304 g/mol. The number of carbonyl (C=O) groups is 1. The van der Waals surface area contributed by atoms with Gasteiger partial charge in [0.25, 0.3) is 0 Å². The zero-order valence-corrected chi connectivity index (χ0v) is 12.9. The van der Waals surface area contributed by atoms with Crippen molar-refractivity contribution in [2.75, 3.05) is 7.11 Å². The molecule has 7 heteroatoms. The highest BCUT2D eigenvalue weighted by Crippen LogP contribution is 2.22. The van der Waals surface area contributed by atoms with Crippen LogP contribution in [0.2, 0.25) is 0 Å². The molecule has 0 radical (unpaired) electrons. The molecule has 0 saturated heterocycles. The number of hydrogen-bond donors (Lipinski definition) is 2. The Morgan fingerprint density at radius 2 is 2.23 bits per heavy atom. The lowest BCUT2D eigenvalue weighted by atomic mass is 10.2. The molecule has 22 heavy (non-hydrogen) atoms. The minimum atomic E-state index is -0.254. The summed E-state index contributed by atoms with van der Waals surface area (Å²) >= 11 is 0. The molecule has 1 aromatic carbocycles. The molecule has 1 unspecified atom stereocenters. The zero-order chi connectivity index (χ0) is 15.9. The van der Waals surface area contributed by atoms with E-state index in [0.717, 1.165) is 12.0 Å². The zero-order valence-electron chi connectivity index (χ0n) is 12.9. The molecule has 2 N–H and O–H groups in total. The topological polar surface area (TPSA) is 89.3 Å². The summed E-state index contributed by atoms with van der Waals surface area (Å²) in [6, 6.07) is 7.20. The van der Waals surface area contributed by atoms with E-state index >= 15 is 0 Å². The number of ether oxygens (including phenoxy) is 1. The van der Waals surface area contributed by atoms with Gasteiger partial charge >= 0.3 is 6.03 Å². The maximum atomic E-state index is 11.6. The van der Waals surface area contributed by atoms with Gasteiger partial charge in [-0.25, -0.2) is 4.79 Å². The van der Waals surface area contributed by atoms with E-state index in [1.165, 1.54) is 0 Å². The summed E-state index contributed by atoms with van der Waals surface area (Å²) in [4.78, 5) is 11.6. The number of hydrogen-bond acceptors (Lipinski definition) is 5. The molecule has 0 aliphatic rings. The number of urea groups is 1. The first-order valence-corrected chi connectivity index (χ1v) is 7.13. The Kier molecular flexibility index (Phi) is 5.35. The van der Waals surface area contributed by atoms with Crippen LogP contribution >= 0.6 is 0 Å². The minimum absolute atomic E-state index is 0.120. The largest absolute Gasteiger partial charge is 0.497 e. The molecule has 7 nitrogen and oxygen atoms in total. The van der Waals surface area contributed by atoms with Crippen LogP contribution in [0.1, 0.15) is 26.2 Å². The van der Waals surface area contributed by atoms with Crippen molar-refractivity contribution in [1.82, 2.24) is 20.8 Å². The van der Waals surface area contributed by atoms with Crippen molar-refractivity contribution >= 4 is 6.03 Å². The van der Waals surface area contributed by atoms with Crippen LogP contribution in [-0.4, -0.2) is 29.4 Å². The highest BCUT2D eigenvalue weighted by atomic mass is 16.5. The maximum absolute atomic E-state index is 11.6. The number of amides is 2. The predicted molar refractivity (Wildman–Crippen MR) is 81.4 cm³/mol. The highest BCUT2D eigenvalue weighted by Gasteiger charge is 2.11. The fraction of sp³-hybridized carbons (Fsp3) is 0.400. The van der Waals surface area contributed by atoms with Crippen LogP contribution in [-0.2, 0) is 6.54 Å². The van der Waals surface area contributed by atoms with Crippen molar-refractivity contribution in [2.45, 2.75) is 32.9 Å². The molecule has 0 bridgehead atoms. The SMILES string of the molecule is CCC(C)NC(=O)NCc1nnc(-c2cccc(OC)c2)o1. The number of nitrogens with zero attached hydrogens (tertiary/aromatic N) is 2. The lowest BCUT2D eigenvalue weighted by molar-refractivity contribution is 0.236. The quantitative estimate of drug-likeness (QED) is 0.855. The fourth-order valence-corrected chi connectivity index (χ4v) is 1.73. The number of methoxy groups -OCH3 is 1. The van der Waals surface area contributed by atoms with Crippen LogP contribution < -0.4 is 15.4 Å². The predicted octanol–water partition coefficient (Wildman–Crippen LogP) is 2.34. The van der Waals surface area contributed by atoms with Gasteiger partial charge in [0.15, 0.2) is 0 Å². The Bertz CT molecular complexity index is 627. The number of aromatic nitrogens is 2. The second-order valence-corrected chi connectivity index (χ2v) is 4.87. The molecular formula is C15H20N4O3. The van der Waals surface area contributed by atoms with Crippen LogP contribution in [0.25, 0.3) is 11.5 Å². The third-order valence-corrected chi connectivity index (χ3v) is 3.17. The molecule has 0 aliphatic heterocycles. The van der Waals surface area contributed by atoms with E-state index < -0.39 is 0 Å². The van der Waals surface area contributed by atoms with Crippen molar-refractivity contribution in [3.63, 3.8) is 0 Å². The van der Waals surface area contributed by atoms with Gasteiger partial charge in [0.1, 0.15) is 5.75 Å². The Hall–Kier alpha value is -2.57. The second-order valence-electron chi connectivity index (χ2n) is 4.87. The summed E-state index contributed by atoms with van der Waals surface area (Å²) in [6.07, 6.45) is 0.869. The van der Waals surface area contributed by atoms with Crippen LogP contribution in [0.3, 0.4) is 0 Å². The Balaban J connectivity index is 1.95. The van der Waals surface area contributed by atoms with E-state index in [9.17, 15) is 4.79 Å². The molecule has 1 aromatic heterocycles. The van der Waals surface area contributed by atoms with E-state index in [0.29, 0.717) is 17.5 Å². The third kappa shape index (κ3) is 4.21. The lowest BCUT2D eigenvalue weighted by Gasteiger charge is -2.11. The van der Waals surface area contributed by atoms with Gasteiger partial charge < -0.3 is 19.8 Å². The smallest absolute Gasteiger partial charge is 0.315 e. The van der Waals surface area contributed by atoms with E-state index in [1.807, 2.05) is 32.0 Å². The van der Waals surface area contributed by atoms with Crippen molar-refractivity contribution in [3.05, 3.63) is 30.2 Å². The molecule has 2 rings (SSSR count). The van der Waals surface area contributed by atoms with Crippen LogP contribution in [0.5, 0.6) is 5.75 Å². The first kappa shape index (κ1) is 15.8. The van der Waals surface area contributed by atoms with E-state index in [-0.39, 0.29) is 18.6 Å². The third-order valence-electron chi connectivity index (χ3n) is 3.17. The number of nitrogens with one attached hydrogen (secondary N) is 2. The fourth-order valence-electron chi connectivity index (χ4n) is 1.73. The van der Waals surface area contributed by atoms with Crippen molar-refractivity contribution in [1.29, 1.82) is 0 Å². The van der Waals surface area contributed by atoms with Crippen LogP contribution in [0.4, 0.5) is 4.79 Å². The van der Waals surface area contributed by atoms with Gasteiger partial charge in [-0.15, -0.1) is 10.2 Å². The minimum Gasteiger partial charge on any atom is -0.497 e.